The molecular weight excluding hydrogens is 770 g/mol. The van der Waals surface area contributed by atoms with E-state index in [9.17, 15) is 40.9 Å². The maximum absolute atomic E-state index is 11.5. The number of fused-ring (bicyclic) bond motifs is 7. The fraction of sp³-hybridized carbons (Fsp3) is 1.00. The molecule has 0 radical (unpaired) electrons. The van der Waals surface area contributed by atoms with Crippen molar-refractivity contribution in [2.24, 2.45) is 52.3 Å². The second-order valence-corrected chi connectivity index (χ2v) is 20.8. The van der Waals surface area contributed by atoms with Gasteiger partial charge in [-0.25, -0.2) is 0 Å². The van der Waals surface area contributed by atoms with Gasteiger partial charge in [0.25, 0.3) is 0 Å². The van der Waals surface area contributed by atoms with E-state index >= 15 is 0 Å². The lowest BCUT2D eigenvalue weighted by molar-refractivity contribution is -0.386. The summed E-state index contributed by atoms with van der Waals surface area (Å²) in [5.74, 6) is 4.05. The Kier molecular flexibility index (Phi) is 12.1. The van der Waals surface area contributed by atoms with E-state index in [0.29, 0.717) is 47.5 Å². The summed E-state index contributed by atoms with van der Waals surface area (Å²) < 4.78 is 43.5. The fourth-order valence-corrected chi connectivity index (χ4v) is 14.3. The van der Waals surface area contributed by atoms with E-state index in [1.54, 1.807) is 0 Å². The van der Waals surface area contributed by atoms with Crippen LogP contribution in [-0.2, 0) is 33.2 Å². The molecule has 5 saturated heterocycles. The third-order valence-corrected chi connectivity index (χ3v) is 17.7. The number of aliphatic hydroxyl groups excluding tert-OH is 8. The number of piperidine rings is 1. The average Bonchev–Trinajstić information content (AvgIpc) is 3.67. The molecule has 0 aromatic heterocycles. The van der Waals surface area contributed by atoms with Gasteiger partial charge in [-0.3, -0.25) is 5.32 Å². The molecule has 9 rings (SSSR count). The SMILES string of the molecule is C[C@H]1CC[C@]2(NC1)O[C@H]1C[C@H]3[C@@H]4CC[C@H]5C[C@@H](O[C@@H]6O[C@H](CO)[C@@H](O)[C@H](O[C@@H]7OC[C@@H](O)[C@H](O)[C@H]7O)[C@H]6O[C@@H]6OC[C@@H](O)[C@H](O)[C@H]6O)CC[C@]5(C)[C@H]4CC[C@]3(C)[C@H]1[C@@H]2C. The first-order chi connectivity index (χ1) is 28.1. The van der Waals surface area contributed by atoms with Crippen molar-refractivity contribution in [2.75, 3.05) is 26.4 Å². The van der Waals surface area contributed by atoms with E-state index < -0.39 is 86.5 Å². The highest BCUT2D eigenvalue weighted by atomic mass is 16.8. The van der Waals surface area contributed by atoms with Crippen LogP contribution in [0.4, 0.5) is 0 Å². The predicted octanol–water partition coefficient (Wildman–Crippen LogP) is 0.118. The van der Waals surface area contributed by atoms with Crippen molar-refractivity contribution in [1.82, 2.24) is 5.32 Å². The molecule has 16 nitrogen and oxygen atoms in total. The van der Waals surface area contributed by atoms with Crippen molar-refractivity contribution in [3.05, 3.63) is 0 Å². The van der Waals surface area contributed by atoms with E-state index in [2.05, 4.69) is 33.0 Å². The van der Waals surface area contributed by atoms with Crippen molar-refractivity contribution < 1.29 is 74.0 Å². The molecule has 5 heterocycles. The fourth-order valence-electron chi connectivity index (χ4n) is 14.3. The van der Waals surface area contributed by atoms with Crippen molar-refractivity contribution in [3.8, 4) is 0 Å². The summed E-state index contributed by atoms with van der Waals surface area (Å²) in [6, 6.07) is 0. The molecule has 0 bridgehead atoms. The van der Waals surface area contributed by atoms with Gasteiger partial charge in [-0.2, -0.15) is 0 Å². The van der Waals surface area contributed by atoms with Gasteiger partial charge in [-0.1, -0.05) is 27.7 Å². The number of nitrogens with one attached hydrogen (secondary N) is 1. The molecule has 4 saturated carbocycles. The second kappa shape index (κ2) is 16.4. The quantitative estimate of drug-likeness (QED) is 0.155. The summed E-state index contributed by atoms with van der Waals surface area (Å²) in [6.07, 6.45) is -8.54. The Hall–Kier alpha value is -0.640. The van der Waals surface area contributed by atoms with Crippen LogP contribution in [0.3, 0.4) is 0 Å². The summed E-state index contributed by atoms with van der Waals surface area (Å²) in [7, 11) is 0. The maximum atomic E-state index is 11.5. The molecule has 25 atom stereocenters. The van der Waals surface area contributed by atoms with Crippen LogP contribution >= 0.6 is 0 Å². The number of hydrogen-bond donors (Lipinski definition) is 9. The Morgan fingerprint density at radius 2 is 1.32 bits per heavy atom. The van der Waals surface area contributed by atoms with Crippen LogP contribution in [0.15, 0.2) is 0 Å². The van der Waals surface area contributed by atoms with E-state index in [4.69, 9.17) is 33.2 Å². The molecule has 16 heteroatoms. The minimum atomic E-state index is -1.70. The van der Waals surface area contributed by atoms with Crippen molar-refractivity contribution in [2.45, 2.75) is 190 Å². The van der Waals surface area contributed by atoms with E-state index in [1.165, 1.54) is 25.7 Å². The lowest BCUT2D eigenvalue weighted by Crippen LogP contribution is -2.66. The number of hydrogen-bond acceptors (Lipinski definition) is 16. The zero-order chi connectivity index (χ0) is 41.8. The van der Waals surface area contributed by atoms with Crippen LogP contribution in [0.2, 0.25) is 0 Å². The molecule has 0 amide bonds. The first-order valence-corrected chi connectivity index (χ1v) is 22.7. The Bertz CT molecular complexity index is 1470. The summed E-state index contributed by atoms with van der Waals surface area (Å²) in [5.41, 5.74) is 0.224. The molecule has 0 aromatic rings. The summed E-state index contributed by atoms with van der Waals surface area (Å²) in [4.78, 5) is 0. The highest BCUT2D eigenvalue weighted by Crippen LogP contribution is 2.71. The summed E-state index contributed by atoms with van der Waals surface area (Å²) in [5, 5.41) is 88.3. The Morgan fingerprint density at radius 3 is 1.97 bits per heavy atom. The Morgan fingerprint density at radius 1 is 0.661 bits per heavy atom. The normalized spacial score (nSPS) is 58.8. The van der Waals surface area contributed by atoms with Crippen LogP contribution in [0.5, 0.6) is 0 Å². The first kappa shape index (κ1) is 43.6. The molecular formula is C43H71NO15. The molecule has 9 aliphatic rings. The minimum Gasteiger partial charge on any atom is -0.394 e. The van der Waals surface area contributed by atoms with Gasteiger partial charge in [0, 0.05) is 12.5 Å². The van der Waals surface area contributed by atoms with Crippen molar-refractivity contribution in [1.29, 1.82) is 0 Å². The van der Waals surface area contributed by atoms with Crippen molar-refractivity contribution in [3.63, 3.8) is 0 Å². The van der Waals surface area contributed by atoms with Crippen LogP contribution in [0, 0.1) is 52.3 Å². The molecule has 1 spiro atoms. The van der Waals surface area contributed by atoms with E-state index in [1.807, 2.05) is 0 Å². The van der Waals surface area contributed by atoms with Gasteiger partial charge in [0.05, 0.1) is 32.0 Å². The third kappa shape index (κ3) is 7.28. The van der Waals surface area contributed by atoms with Crippen molar-refractivity contribution >= 4 is 0 Å². The molecule has 9 fully saturated rings. The summed E-state index contributed by atoms with van der Waals surface area (Å²) >= 11 is 0. The van der Waals surface area contributed by atoms with E-state index in [0.717, 1.165) is 45.1 Å². The highest BCUT2D eigenvalue weighted by Gasteiger charge is 2.69. The first-order valence-electron chi connectivity index (χ1n) is 22.7. The zero-order valence-corrected chi connectivity index (χ0v) is 35.0. The standard InChI is InChI=1S/C43H71NO15/c1-19-7-12-43(44-15-19)20(2)30-28(59-43)14-25-23-6-5-21-13-22(8-10-41(21,3)24(23)9-11-42(25,30)4)55-40-37(58-39-35(52)32(49)27(47)18-54-39)36(33(50)29(16-45)56-40)57-38-34(51)31(48)26(46)17-53-38/h19-40,44-52H,5-18H2,1-4H3/t19-,20-,21-,22-,23+,24-,25-,26+,27+,28-,29+,30-,31-,32-,33+,34+,35+,36-,37+,38-,39-,40+,41-,42-,43-/m0/s1. The molecule has 4 aliphatic carbocycles. The van der Waals surface area contributed by atoms with Crippen LogP contribution in [0.25, 0.3) is 0 Å². The Labute approximate surface area is 347 Å². The highest BCUT2D eigenvalue weighted by molar-refractivity contribution is 5.16. The Balaban J connectivity index is 0.906. The number of rotatable bonds is 7. The topological polar surface area (TPSA) is 238 Å². The minimum absolute atomic E-state index is 0.131. The molecule has 59 heavy (non-hydrogen) atoms. The lowest BCUT2D eigenvalue weighted by Gasteiger charge is -2.61. The molecule has 0 unspecified atom stereocenters. The molecule has 338 valence electrons. The largest absolute Gasteiger partial charge is 0.394 e. The molecule has 9 N–H and O–H groups in total. The van der Waals surface area contributed by atoms with Crippen LogP contribution in [0.1, 0.15) is 91.9 Å². The van der Waals surface area contributed by atoms with Gasteiger partial charge in [-0.05, 0) is 111 Å². The lowest BCUT2D eigenvalue weighted by atomic mass is 9.44. The van der Waals surface area contributed by atoms with Crippen LogP contribution in [-0.4, -0.2) is 165 Å². The molecule has 0 aromatic carbocycles. The predicted molar refractivity (Wildman–Crippen MR) is 206 cm³/mol. The third-order valence-electron chi connectivity index (χ3n) is 17.7. The zero-order valence-electron chi connectivity index (χ0n) is 35.0. The van der Waals surface area contributed by atoms with Gasteiger partial charge in [0.2, 0.25) is 0 Å². The van der Waals surface area contributed by atoms with Gasteiger partial charge in [-0.15, -0.1) is 0 Å². The summed E-state index contributed by atoms with van der Waals surface area (Å²) in [6.45, 7) is 9.57. The van der Waals surface area contributed by atoms with Crippen LogP contribution < -0.4 is 5.32 Å². The van der Waals surface area contributed by atoms with E-state index in [-0.39, 0.29) is 35.9 Å². The number of aliphatic hydroxyl groups is 8. The molecule has 5 aliphatic heterocycles. The average molecular weight is 842 g/mol. The second-order valence-electron chi connectivity index (χ2n) is 20.8. The number of ether oxygens (including phenoxy) is 7. The van der Waals surface area contributed by atoms with Gasteiger partial charge >= 0.3 is 0 Å². The monoisotopic (exact) mass is 841 g/mol. The van der Waals surface area contributed by atoms with Gasteiger partial charge < -0.3 is 74.0 Å². The smallest absolute Gasteiger partial charge is 0.187 e. The maximum Gasteiger partial charge on any atom is 0.187 e. The van der Waals surface area contributed by atoms with Gasteiger partial charge in [0.1, 0.15) is 66.8 Å². The van der Waals surface area contributed by atoms with Gasteiger partial charge in [0.15, 0.2) is 18.9 Å².